The second-order valence-electron chi connectivity index (χ2n) is 10.9. The van der Waals surface area contributed by atoms with Crippen LogP contribution in [0.1, 0.15) is 0 Å². The van der Waals surface area contributed by atoms with E-state index >= 15 is 0 Å². The van der Waals surface area contributed by atoms with Gasteiger partial charge in [0.2, 0.25) is 0 Å². The molecule has 2 aromatic heterocycles. The molecule has 0 atom stereocenters. The molecule has 202 valence electrons. The number of furan rings is 1. The Balaban J connectivity index is 1.29. The lowest BCUT2D eigenvalue weighted by atomic mass is 9.99. The van der Waals surface area contributed by atoms with Crippen LogP contribution in [0.15, 0.2) is 156 Å². The summed E-state index contributed by atoms with van der Waals surface area (Å²) < 4.78 is 8.98. The van der Waals surface area contributed by atoms with Crippen LogP contribution in [0.3, 0.4) is 0 Å². The fraction of sp³-hybridized carbons (Fsp3) is 0. The van der Waals surface area contributed by atoms with Gasteiger partial charge in [0.15, 0.2) is 0 Å². The zero-order valence-corrected chi connectivity index (χ0v) is 24.0. The van der Waals surface area contributed by atoms with Crippen LogP contribution in [0.5, 0.6) is 0 Å². The molecule has 0 fully saturated rings. The van der Waals surface area contributed by atoms with E-state index in [1.54, 1.807) is 0 Å². The Morgan fingerprint density at radius 3 is 1.88 bits per heavy atom. The Labute approximate surface area is 252 Å². The van der Waals surface area contributed by atoms with Gasteiger partial charge in [0, 0.05) is 58.7 Å². The van der Waals surface area contributed by atoms with Crippen molar-refractivity contribution in [1.82, 2.24) is 0 Å². The minimum absolute atomic E-state index is 0.924. The van der Waals surface area contributed by atoms with E-state index in [1.165, 1.54) is 42.2 Å². The highest BCUT2D eigenvalue weighted by Gasteiger charge is 2.20. The second kappa shape index (κ2) is 9.59. The zero-order chi connectivity index (χ0) is 28.3. The monoisotopic (exact) mass is 567 g/mol. The molecule has 0 bridgehead atoms. The van der Waals surface area contributed by atoms with Crippen LogP contribution in [0.4, 0.5) is 17.1 Å². The van der Waals surface area contributed by atoms with Crippen LogP contribution in [0.2, 0.25) is 0 Å². The van der Waals surface area contributed by atoms with E-state index in [-0.39, 0.29) is 0 Å². The molecule has 0 aliphatic heterocycles. The quantitative estimate of drug-likeness (QED) is 0.210. The first kappa shape index (κ1) is 24.2. The maximum Gasteiger partial charge on any atom is 0.143 e. The van der Waals surface area contributed by atoms with Gasteiger partial charge in [0.25, 0.3) is 0 Å². The maximum absolute atomic E-state index is 6.39. The van der Waals surface area contributed by atoms with Crippen molar-refractivity contribution in [2.24, 2.45) is 0 Å². The average molecular weight is 568 g/mol. The normalized spacial score (nSPS) is 11.7. The Morgan fingerprint density at radius 2 is 1.12 bits per heavy atom. The first-order valence-electron chi connectivity index (χ1n) is 14.5. The first-order valence-corrected chi connectivity index (χ1v) is 15.3. The SMILES string of the molecule is c1ccc(N(c2ccccc2)c2cc3c4ccc(-c5cccc6c5oc5ccccc56)cc4sc3c3ccccc23)cc1. The van der Waals surface area contributed by atoms with Gasteiger partial charge in [-0.2, -0.15) is 0 Å². The predicted octanol–water partition coefficient (Wildman–Crippen LogP) is 12.2. The van der Waals surface area contributed by atoms with Crippen molar-refractivity contribution in [3.63, 3.8) is 0 Å². The lowest BCUT2D eigenvalue weighted by molar-refractivity contribution is 0.670. The lowest BCUT2D eigenvalue weighted by Crippen LogP contribution is -2.10. The van der Waals surface area contributed by atoms with E-state index in [2.05, 4.69) is 144 Å². The summed E-state index contributed by atoms with van der Waals surface area (Å²) in [5, 5.41) is 7.37. The van der Waals surface area contributed by atoms with Crippen molar-refractivity contribution >= 4 is 81.3 Å². The number of hydrogen-bond donors (Lipinski definition) is 0. The van der Waals surface area contributed by atoms with Crippen molar-refractivity contribution in [2.75, 3.05) is 4.90 Å². The number of fused-ring (bicyclic) bond motifs is 8. The molecule has 0 aliphatic rings. The van der Waals surface area contributed by atoms with Gasteiger partial charge in [0.1, 0.15) is 11.2 Å². The third kappa shape index (κ3) is 3.79. The lowest BCUT2D eigenvalue weighted by Gasteiger charge is -2.27. The van der Waals surface area contributed by atoms with Gasteiger partial charge in [-0.3, -0.25) is 0 Å². The van der Waals surface area contributed by atoms with E-state index in [9.17, 15) is 0 Å². The fourth-order valence-corrected chi connectivity index (χ4v) is 7.75. The van der Waals surface area contributed by atoms with E-state index in [1.807, 2.05) is 23.5 Å². The van der Waals surface area contributed by atoms with Crippen LogP contribution in [-0.4, -0.2) is 0 Å². The minimum Gasteiger partial charge on any atom is -0.455 e. The second-order valence-corrected chi connectivity index (χ2v) is 12.0. The Kier molecular flexibility index (Phi) is 5.40. The highest BCUT2D eigenvalue weighted by molar-refractivity contribution is 7.26. The number of rotatable bonds is 4. The van der Waals surface area contributed by atoms with E-state index in [0.717, 1.165) is 38.9 Å². The highest BCUT2D eigenvalue weighted by Crippen LogP contribution is 2.47. The summed E-state index contributed by atoms with van der Waals surface area (Å²) in [5.74, 6) is 0. The molecule has 0 spiro atoms. The summed E-state index contributed by atoms with van der Waals surface area (Å²) in [6, 6.07) is 54.1. The largest absolute Gasteiger partial charge is 0.455 e. The van der Waals surface area contributed by atoms with Gasteiger partial charge in [-0.25, -0.2) is 0 Å². The van der Waals surface area contributed by atoms with Crippen LogP contribution >= 0.6 is 11.3 Å². The molecule has 7 aromatic carbocycles. The number of nitrogens with zero attached hydrogens (tertiary/aromatic N) is 1. The molecule has 0 saturated carbocycles. The van der Waals surface area contributed by atoms with Gasteiger partial charge >= 0.3 is 0 Å². The summed E-state index contributed by atoms with van der Waals surface area (Å²) in [6.45, 7) is 0. The number of para-hydroxylation sites is 4. The predicted molar refractivity (Wildman–Crippen MR) is 184 cm³/mol. The summed E-state index contributed by atoms with van der Waals surface area (Å²) in [5.41, 5.74) is 7.61. The van der Waals surface area contributed by atoms with Gasteiger partial charge in [-0.05, 0) is 48.0 Å². The van der Waals surface area contributed by atoms with Gasteiger partial charge in [-0.15, -0.1) is 11.3 Å². The molecule has 0 N–H and O–H groups in total. The number of anilines is 3. The van der Waals surface area contributed by atoms with E-state index in [4.69, 9.17) is 4.42 Å². The van der Waals surface area contributed by atoms with Crippen molar-refractivity contribution in [2.45, 2.75) is 0 Å². The Bertz CT molecular complexity index is 2420. The standard InChI is InChI=1S/C40H25NOS/c1-3-12-27(13-4-1)41(28-14-5-2-6-15-28)36-25-35-32-23-22-26(24-38(32)43-40(35)34-18-8-7-16-30(34)36)29-19-11-20-33-31-17-9-10-21-37(31)42-39(29)33/h1-25H. The van der Waals surface area contributed by atoms with Gasteiger partial charge in [0.05, 0.1) is 5.69 Å². The van der Waals surface area contributed by atoms with Crippen molar-refractivity contribution < 1.29 is 4.42 Å². The Hall–Kier alpha value is -5.38. The molecule has 9 rings (SSSR count). The molecule has 0 saturated heterocycles. The van der Waals surface area contributed by atoms with Crippen LogP contribution in [-0.2, 0) is 0 Å². The molecule has 9 aromatic rings. The van der Waals surface area contributed by atoms with E-state index < -0.39 is 0 Å². The number of benzene rings is 7. The summed E-state index contributed by atoms with van der Waals surface area (Å²) >= 11 is 1.87. The van der Waals surface area contributed by atoms with Crippen molar-refractivity contribution in [3.8, 4) is 11.1 Å². The molecule has 0 radical (unpaired) electrons. The molecule has 0 aliphatic carbocycles. The zero-order valence-electron chi connectivity index (χ0n) is 23.2. The molecule has 0 amide bonds. The summed E-state index contributed by atoms with van der Waals surface area (Å²) in [6.07, 6.45) is 0. The van der Waals surface area contributed by atoms with Gasteiger partial charge < -0.3 is 9.32 Å². The molecular weight excluding hydrogens is 543 g/mol. The smallest absolute Gasteiger partial charge is 0.143 e. The van der Waals surface area contributed by atoms with Crippen LogP contribution in [0.25, 0.3) is 64.0 Å². The molecule has 2 nitrogen and oxygen atoms in total. The molecule has 43 heavy (non-hydrogen) atoms. The number of hydrogen-bond acceptors (Lipinski definition) is 3. The first-order chi connectivity index (χ1) is 21.3. The molecule has 3 heteroatoms. The molecule has 2 heterocycles. The summed E-state index contributed by atoms with van der Waals surface area (Å²) in [4.78, 5) is 2.38. The summed E-state index contributed by atoms with van der Waals surface area (Å²) in [7, 11) is 0. The molecule has 0 unspecified atom stereocenters. The van der Waals surface area contributed by atoms with Crippen molar-refractivity contribution in [1.29, 1.82) is 0 Å². The fourth-order valence-electron chi connectivity index (χ4n) is 6.49. The highest BCUT2D eigenvalue weighted by atomic mass is 32.1. The maximum atomic E-state index is 6.39. The van der Waals surface area contributed by atoms with E-state index in [0.29, 0.717) is 0 Å². The molecular formula is C40H25NOS. The van der Waals surface area contributed by atoms with Crippen molar-refractivity contribution in [3.05, 3.63) is 152 Å². The van der Waals surface area contributed by atoms with Crippen LogP contribution in [0, 0.1) is 0 Å². The van der Waals surface area contributed by atoms with Gasteiger partial charge in [-0.1, -0.05) is 109 Å². The third-order valence-electron chi connectivity index (χ3n) is 8.44. The topological polar surface area (TPSA) is 16.4 Å². The average Bonchev–Trinajstić information content (AvgIpc) is 3.64. The minimum atomic E-state index is 0.924. The van der Waals surface area contributed by atoms with Crippen LogP contribution < -0.4 is 4.90 Å². The number of thiophene rings is 1. The Morgan fingerprint density at radius 1 is 0.465 bits per heavy atom. The third-order valence-corrected chi connectivity index (χ3v) is 9.64.